The minimum Gasteiger partial charge on any atom is -0.469 e. The van der Waals surface area contributed by atoms with E-state index < -0.39 is 0 Å². The Morgan fingerprint density at radius 2 is 2.07 bits per heavy atom. The molecule has 80 valence electrons. The van der Waals surface area contributed by atoms with E-state index in [9.17, 15) is 4.79 Å². The van der Waals surface area contributed by atoms with E-state index in [1.54, 1.807) is 0 Å². The molecule has 3 saturated carbocycles. The van der Waals surface area contributed by atoms with Gasteiger partial charge in [-0.2, -0.15) is 0 Å². The van der Waals surface area contributed by atoms with E-state index in [4.69, 9.17) is 10.5 Å². The minimum atomic E-state index is -0.123. The standard InChI is InChI=1S/C11H19NO2/c1-11(2)6-4-7(10(13)14-3)9(12)8(11)5-6/h6-9H,4-5,12H2,1-3H3/t6-,7-,8-,9-/m0/s1. The summed E-state index contributed by atoms with van der Waals surface area (Å²) >= 11 is 0. The van der Waals surface area contributed by atoms with Gasteiger partial charge in [-0.3, -0.25) is 4.79 Å². The molecule has 0 aromatic rings. The van der Waals surface area contributed by atoms with Gasteiger partial charge in [0.2, 0.25) is 0 Å². The van der Waals surface area contributed by atoms with Gasteiger partial charge in [-0.15, -0.1) is 0 Å². The van der Waals surface area contributed by atoms with Crippen molar-refractivity contribution in [3.63, 3.8) is 0 Å². The summed E-state index contributed by atoms with van der Waals surface area (Å²) in [6.07, 6.45) is 2.11. The molecule has 3 aliphatic rings. The lowest BCUT2D eigenvalue weighted by atomic mass is 9.45. The molecule has 2 bridgehead atoms. The number of carbonyl (C=O) groups excluding carboxylic acids is 1. The quantitative estimate of drug-likeness (QED) is 0.642. The fourth-order valence-electron chi connectivity index (χ4n) is 3.26. The van der Waals surface area contributed by atoms with E-state index in [1.165, 1.54) is 13.5 Å². The normalized spacial score (nSPS) is 44.0. The number of esters is 1. The van der Waals surface area contributed by atoms with Crippen LogP contribution in [0.3, 0.4) is 0 Å². The molecule has 3 fully saturated rings. The van der Waals surface area contributed by atoms with E-state index in [0.29, 0.717) is 17.3 Å². The average Bonchev–Trinajstić information content (AvgIpc) is 2.16. The molecule has 0 amide bonds. The van der Waals surface area contributed by atoms with Crippen LogP contribution in [0.1, 0.15) is 26.7 Å². The fraction of sp³-hybridized carbons (Fsp3) is 0.909. The van der Waals surface area contributed by atoms with Gasteiger partial charge in [0.25, 0.3) is 0 Å². The van der Waals surface area contributed by atoms with E-state index in [0.717, 1.165) is 6.42 Å². The maximum atomic E-state index is 11.5. The maximum absolute atomic E-state index is 11.5. The molecule has 0 heterocycles. The molecule has 0 spiro atoms. The van der Waals surface area contributed by atoms with Crippen molar-refractivity contribution in [1.29, 1.82) is 0 Å². The predicted octanol–water partition coefficient (Wildman–Crippen LogP) is 1.17. The van der Waals surface area contributed by atoms with Crippen LogP contribution < -0.4 is 5.73 Å². The summed E-state index contributed by atoms with van der Waals surface area (Å²) in [5.41, 5.74) is 6.45. The first-order chi connectivity index (χ1) is 6.48. The number of nitrogens with two attached hydrogens (primary N) is 1. The zero-order chi connectivity index (χ0) is 10.5. The number of fused-ring (bicyclic) bond motifs is 2. The number of rotatable bonds is 1. The average molecular weight is 197 g/mol. The monoisotopic (exact) mass is 197 g/mol. The Hall–Kier alpha value is -0.570. The molecule has 0 unspecified atom stereocenters. The number of ether oxygens (including phenoxy) is 1. The molecular weight excluding hydrogens is 178 g/mol. The van der Waals surface area contributed by atoms with Gasteiger partial charge in [-0.1, -0.05) is 13.8 Å². The summed E-state index contributed by atoms with van der Waals surface area (Å²) in [5, 5.41) is 0. The fourth-order valence-corrected chi connectivity index (χ4v) is 3.26. The molecule has 0 aromatic carbocycles. The third-order valence-corrected chi connectivity index (χ3v) is 4.52. The lowest BCUT2D eigenvalue weighted by molar-refractivity contribution is -0.162. The van der Waals surface area contributed by atoms with Crippen molar-refractivity contribution in [3.05, 3.63) is 0 Å². The molecule has 0 radical (unpaired) electrons. The molecular formula is C11H19NO2. The van der Waals surface area contributed by atoms with Gasteiger partial charge in [0.15, 0.2) is 0 Å². The number of methoxy groups -OCH3 is 1. The van der Waals surface area contributed by atoms with Crippen molar-refractivity contribution in [2.75, 3.05) is 7.11 Å². The molecule has 3 nitrogen and oxygen atoms in total. The number of carbonyl (C=O) groups is 1. The van der Waals surface area contributed by atoms with Crippen molar-refractivity contribution in [2.45, 2.75) is 32.7 Å². The smallest absolute Gasteiger partial charge is 0.310 e. The van der Waals surface area contributed by atoms with Gasteiger partial charge in [-0.25, -0.2) is 0 Å². The first-order valence-electron chi connectivity index (χ1n) is 5.32. The van der Waals surface area contributed by atoms with Crippen LogP contribution in [0.15, 0.2) is 0 Å². The lowest BCUT2D eigenvalue weighted by Crippen LogP contribution is -2.62. The minimum absolute atomic E-state index is 0.00227. The maximum Gasteiger partial charge on any atom is 0.310 e. The highest BCUT2D eigenvalue weighted by Crippen LogP contribution is 2.60. The molecule has 3 rings (SSSR count). The summed E-state index contributed by atoms with van der Waals surface area (Å²) in [4.78, 5) is 11.5. The first-order valence-corrected chi connectivity index (χ1v) is 5.32. The lowest BCUT2D eigenvalue weighted by Gasteiger charge is -2.61. The highest BCUT2D eigenvalue weighted by Gasteiger charge is 2.58. The van der Waals surface area contributed by atoms with Crippen LogP contribution in [0.5, 0.6) is 0 Å². The number of hydrogen-bond donors (Lipinski definition) is 1. The van der Waals surface area contributed by atoms with E-state index in [-0.39, 0.29) is 17.9 Å². The van der Waals surface area contributed by atoms with Crippen molar-refractivity contribution < 1.29 is 9.53 Å². The Bertz CT molecular complexity index is 262. The van der Waals surface area contributed by atoms with Gasteiger partial charge in [0.1, 0.15) is 0 Å². The highest BCUT2D eigenvalue weighted by molar-refractivity contribution is 5.73. The van der Waals surface area contributed by atoms with Gasteiger partial charge in [0.05, 0.1) is 13.0 Å². The highest BCUT2D eigenvalue weighted by atomic mass is 16.5. The summed E-state index contributed by atoms with van der Waals surface area (Å²) in [5.74, 6) is 0.987. The van der Waals surface area contributed by atoms with Crippen LogP contribution in [0, 0.1) is 23.2 Å². The molecule has 3 aliphatic carbocycles. The Kier molecular flexibility index (Phi) is 2.11. The van der Waals surface area contributed by atoms with Crippen LogP contribution in [0.4, 0.5) is 0 Å². The van der Waals surface area contributed by atoms with E-state index in [1.807, 2.05) is 0 Å². The molecule has 0 aromatic heterocycles. The van der Waals surface area contributed by atoms with Crippen LogP contribution in [0.25, 0.3) is 0 Å². The second-order valence-corrected chi connectivity index (χ2v) is 5.30. The molecule has 2 N–H and O–H groups in total. The summed E-state index contributed by atoms with van der Waals surface area (Å²) < 4.78 is 4.78. The van der Waals surface area contributed by atoms with E-state index >= 15 is 0 Å². The Morgan fingerprint density at radius 1 is 1.43 bits per heavy atom. The Labute approximate surface area is 85.0 Å². The van der Waals surface area contributed by atoms with Gasteiger partial charge >= 0.3 is 5.97 Å². The van der Waals surface area contributed by atoms with Crippen molar-refractivity contribution in [2.24, 2.45) is 28.9 Å². The van der Waals surface area contributed by atoms with Crippen LogP contribution >= 0.6 is 0 Å². The number of hydrogen-bond acceptors (Lipinski definition) is 3. The summed E-state index contributed by atoms with van der Waals surface area (Å²) in [6, 6.07) is 0.00227. The largest absolute Gasteiger partial charge is 0.469 e. The van der Waals surface area contributed by atoms with E-state index in [2.05, 4.69) is 13.8 Å². The van der Waals surface area contributed by atoms with Crippen molar-refractivity contribution in [3.8, 4) is 0 Å². The van der Waals surface area contributed by atoms with Gasteiger partial charge in [-0.05, 0) is 30.1 Å². The molecule has 0 aliphatic heterocycles. The Morgan fingerprint density at radius 3 is 2.50 bits per heavy atom. The summed E-state index contributed by atoms with van der Waals surface area (Å²) in [6.45, 7) is 4.53. The second kappa shape index (κ2) is 2.96. The molecule has 0 saturated heterocycles. The van der Waals surface area contributed by atoms with Gasteiger partial charge in [0, 0.05) is 6.04 Å². The zero-order valence-electron chi connectivity index (χ0n) is 9.12. The van der Waals surface area contributed by atoms with Gasteiger partial charge < -0.3 is 10.5 Å². The predicted molar refractivity (Wildman–Crippen MR) is 53.5 cm³/mol. The molecule has 14 heavy (non-hydrogen) atoms. The molecule has 3 heteroatoms. The summed E-state index contributed by atoms with van der Waals surface area (Å²) in [7, 11) is 1.44. The third-order valence-electron chi connectivity index (χ3n) is 4.52. The Balaban J connectivity index is 2.12. The second-order valence-electron chi connectivity index (χ2n) is 5.30. The zero-order valence-corrected chi connectivity index (χ0v) is 9.12. The van der Waals surface area contributed by atoms with Crippen molar-refractivity contribution in [1.82, 2.24) is 0 Å². The van der Waals surface area contributed by atoms with Crippen molar-refractivity contribution >= 4 is 5.97 Å². The van der Waals surface area contributed by atoms with Crippen LogP contribution in [-0.4, -0.2) is 19.1 Å². The van der Waals surface area contributed by atoms with Crippen LogP contribution in [0.2, 0.25) is 0 Å². The first kappa shape index (κ1) is 9.97. The third kappa shape index (κ3) is 1.11. The molecule has 4 atom stereocenters. The topological polar surface area (TPSA) is 52.3 Å². The SMILES string of the molecule is COC(=O)[C@H]1C[C@H]2C[C@@H]([C@H]1N)C2(C)C. The van der Waals surface area contributed by atoms with Crippen LogP contribution in [-0.2, 0) is 9.53 Å².